The van der Waals surface area contributed by atoms with Gasteiger partial charge in [0.2, 0.25) is 5.91 Å². The summed E-state index contributed by atoms with van der Waals surface area (Å²) in [5.41, 5.74) is 0.600. The van der Waals surface area contributed by atoms with Gasteiger partial charge in [-0.3, -0.25) is 14.6 Å². The molecule has 1 aromatic heterocycles. The summed E-state index contributed by atoms with van der Waals surface area (Å²) in [7, 11) is 0. The molecule has 1 fully saturated rings. The molecule has 19 heavy (non-hydrogen) atoms. The van der Waals surface area contributed by atoms with E-state index in [0.717, 1.165) is 6.42 Å². The monoisotopic (exact) mass is 258 g/mol. The van der Waals surface area contributed by atoms with Gasteiger partial charge in [0.05, 0.1) is 23.7 Å². The maximum absolute atomic E-state index is 12.3. The van der Waals surface area contributed by atoms with Gasteiger partial charge in [0.1, 0.15) is 0 Å². The van der Waals surface area contributed by atoms with E-state index in [1.54, 1.807) is 24.5 Å². The minimum Gasteiger partial charge on any atom is -0.481 e. The van der Waals surface area contributed by atoms with Crippen molar-refractivity contribution in [3.05, 3.63) is 36.7 Å². The third kappa shape index (κ3) is 2.01. The number of hydrogen-bond donors (Lipinski definition) is 2. The summed E-state index contributed by atoms with van der Waals surface area (Å²) < 4.78 is 0. The quantitative estimate of drug-likeness (QED) is 0.806. The molecule has 0 aromatic carbocycles. The van der Waals surface area contributed by atoms with E-state index in [4.69, 9.17) is 0 Å². The van der Waals surface area contributed by atoms with Crippen LogP contribution in [0.15, 0.2) is 36.7 Å². The molecule has 1 saturated carbocycles. The van der Waals surface area contributed by atoms with Crippen molar-refractivity contribution in [2.45, 2.75) is 6.42 Å². The van der Waals surface area contributed by atoms with Gasteiger partial charge >= 0.3 is 5.97 Å². The summed E-state index contributed by atoms with van der Waals surface area (Å²) >= 11 is 0. The third-order valence-electron chi connectivity index (χ3n) is 3.98. The number of rotatable bonds is 3. The lowest BCUT2D eigenvalue weighted by Gasteiger charge is -2.23. The van der Waals surface area contributed by atoms with Crippen LogP contribution in [0.3, 0.4) is 0 Å². The molecule has 2 N–H and O–H groups in total. The molecule has 1 aromatic rings. The summed E-state index contributed by atoms with van der Waals surface area (Å²) in [5.74, 6) is -2.16. The summed E-state index contributed by atoms with van der Waals surface area (Å²) in [6, 6.07) is 3.47. The van der Waals surface area contributed by atoms with Gasteiger partial charge in [-0.1, -0.05) is 12.2 Å². The first-order chi connectivity index (χ1) is 9.16. The highest BCUT2D eigenvalue weighted by Crippen LogP contribution is 2.48. The Balaban J connectivity index is 1.79. The number of nitrogens with zero attached hydrogens (tertiary/aromatic N) is 1. The predicted molar refractivity (Wildman–Crippen MR) is 68.2 cm³/mol. The van der Waals surface area contributed by atoms with E-state index in [-0.39, 0.29) is 17.7 Å². The Morgan fingerprint density at radius 3 is 2.63 bits per heavy atom. The maximum atomic E-state index is 12.3. The van der Waals surface area contributed by atoms with Crippen LogP contribution in [-0.4, -0.2) is 22.0 Å². The van der Waals surface area contributed by atoms with E-state index in [9.17, 15) is 14.7 Å². The Kier molecular flexibility index (Phi) is 2.81. The average molecular weight is 258 g/mol. The normalized spacial score (nSPS) is 31.4. The van der Waals surface area contributed by atoms with Crippen LogP contribution in [0.2, 0.25) is 0 Å². The first kappa shape index (κ1) is 11.9. The van der Waals surface area contributed by atoms with Gasteiger partial charge < -0.3 is 10.4 Å². The van der Waals surface area contributed by atoms with Crippen LogP contribution in [0.1, 0.15) is 6.42 Å². The minimum atomic E-state index is -0.886. The van der Waals surface area contributed by atoms with Crippen LogP contribution in [0, 0.1) is 23.7 Å². The topological polar surface area (TPSA) is 79.3 Å². The number of hydrogen-bond acceptors (Lipinski definition) is 3. The van der Waals surface area contributed by atoms with Crippen molar-refractivity contribution in [3.8, 4) is 0 Å². The summed E-state index contributed by atoms with van der Waals surface area (Å²) in [6.45, 7) is 0. The molecule has 0 aliphatic heterocycles. The molecule has 2 aliphatic rings. The maximum Gasteiger partial charge on any atom is 0.307 e. The van der Waals surface area contributed by atoms with Gasteiger partial charge in [-0.25, -0.2) is 0 Å². The molecular weight excluding hydrogens is 244 g/mol. The number of aliphatic carboxylic acids is 1. The van der Waals surface area contributed by atoms with Crippen molar-refractivity contribution in [3.63, 3.8) is 0 Å². The standard InChI is InChI=1S/C14H14N2O3/c17-13(16-10-2-1-5-15-7-10)11-8-3-4-9(6-8)12(11)14(18)19/h1-5,7-9,11-12H,6H2,(H,16,17)(H,18,19)/t8?,9?,11-,12+/m0/s1. The Hall–Kier alpha value is -2.17. The highest BCUT2D eigenvalue weighted by atomic mass is 16.4. The van der Waals surface area contributed by atoms with Gasteiger partial charge in [-0.05, 0) is 30.4 Å². The second-order valence-electron chi connectivity index (χ2n) is 5.07. The van der Waals surface area contributed by atoms with Gasteiger partial charge in [-0.15, -0.1) is 0 Å². The van der Waals surface area contributed by atoms with Gasteiger partial charge in [-0.2, -0.15) is 0 Å². The Labute approximate surface area is 110 Å². The van der Waals surface area contributed by atoms with Crippen LogP contribution in [0.5, 0.6) is 0 Å². The molecule has 4 atom stereocenters. The van der Waals surface area contributed by atoms with Crippen molar-refractivity contribution in [1.82, 2.24) is 4.98 Å². The number of fused-ring (bicyclic) bond motifs is 2. The Morgan fingerprint density at radius 1 is 1.26 bits per heavy atom. The van der Waals surface area contributed by atoms with Gasteiger partial charge in [0, 0.05) is 6.20 Å². The van der Waals surface area contributed by atoms with E-state index >= 15 is 0 Å². The number of carboxylic acids is 1. The first-order valence-corrected chi connectivity index (χ1v) is 6.29. The summed E-state index contributed by atoms with van der Waals surface area (Å²) in [6.07, 6.45) is 7.84. The zero-order valence-electron chi connectivity index (χ0n) is 10.2. The lowest BCUT2D eigenvalue weighted by molar-refractivity contribution is -0.146. The molecule has 5 heteroatoms. The molecule has 3 rings (SSSR count). The van der Waals surface area contributed by atoms with Gasteiger partial charge in [0.15, 0.2) is 0 Å². The smallest absolute Gasteiger partial charge is 0.307 e. The molecule has 5 nitrogen and oxygen atoms in total. The molecule has 1 heterocycles. The summed E-state index contributed by atoms with van der Waals surface area (Å²) in [4.78, 5) is 27.5. The Morgan fingerprint density at radius 2 is 2.00 bits per heavy atom. The van der Waals surface area contributed by atoms with Crippen molar-refractivity contribution < 1.29 is 14.7 Å². The SMILES string of the molecule is O=C(O)[C@@H]1C2C=CC(C2)[C@@H]1C(=O)Nc1cccnc1. The highest BCUT2D eigenvalue weighted by molar-refractivity contribution is 5.96. The molecule has 2 bridgehead atoms. The third-order valence-corrected chi connectivity index (χ3v) is 3.98. The number of anilines is 1. The average Bonchev–Trinajstić information content (AvgIpc) is 2.99. The number of amides is 1. The second-order valence-corrected chi connectivity index (χ2v) is 5.07. The van der Waals surface area contributed by atoms with Crippen LogP contribution in [0.4, 0.5) is 5.69 Å². The number of allylic oxidation sites excluding steroid dienone is 2. The fraction of sp³-hybridized carbons (Fsp3) is 0.357. The number of carboxylic acid groups (broad SMARTS) is 1. The number of carbonyl (C=O) groups is 2. The summed E-state index contributed by atoms with van der Waals surface area (Å²) in [5, 5.41) is 12.0. The Bertz CT molecular complexity index is 541. The van der Waals surface area contributed by atoms with Gasteiger partial charge in [0.25, 0.3) is 0 Å². The van der Waals surface area contributed by atoms with E-state index in [2.05, 4.69) is 10.3 Å². The number of pyridine rings is 1. The first-order valence-electron chi connectivity index (χ1n) is 6.29. The van der Waals surface area contributed by atoms with Crippen molar-refractivity contribution >= 4 is 17.6 Å². The lowest BCUT2D eigenvalue weighted by Crippen LogP contribution is -2.36. The fourth-order valence-corrected chi connectivity index (χ4v) is 3.18. The predicted octanol–water partition coefficient (Wildman–Crippen LogP) is 1.54. The second kappa shape index (κ2) is 4.50. The van der Waals surface area contributed by atoms with Crippen LogP contribution < -0.4 is 5.32 Å². The molecule has 2 aliphatic carbocycles. The lowest BCUT2D eigenvalue weighted by atomic mass is 9.82. The molecule has 0 radical (unpaired) electrons. The largest absolute Gasteiger partial charge is 0.481 e. The van der Waals surface area contributed by atoms with E-state index in [0.29, 0.717) is 5.69 Å². The highest BCUT2D eigenvalue weighted by Gasteiger charge is 2.51. The van der Waals surface area contributed by atoms with Crippen LogP contribution in [0.25, 0.3) is 0 Å². The molecule has 0 spiro atoms. The minimum absolute atomic E-state index is 0.00727. The molecule has 1 amide bonds. The van der Waals surface area contributed by atoms with Crippen molar-refractivity contribution in [2.75, 3.05) is 5.32 Å². The number of nitrogens with one attached hydrogen (secondary N) is 1. The molecule has 2 unspecified atom stereocenters. The molecule has 98 valence electrons. The zero-order chi connectivity index (χ0) is 13.4. The molecular formula is C14H14N2O3. The van der Waals surface area contributed by atoms with Crippen LogP contribution >= 0.6 is 0 Å². The number of aromatic nitrogens is 1. The zero-order valence-corrected chi connectivity index (χ0v) is 10.2. The van der Waals surface area contributed by atoms with Crippen molar-refractivity contribution in [2.24, 2.45) is 23.7 Å². The van der Waals surface area contributed by atoms with E-state index in [1.807, 2.05) is 12.2 Å². The molecule has 0 saturated heterocycles. The van der Waals surface area contributed by atoms with Crippen LogP contribution in [-0.2, 0) is 9.59 Å². The number of carbonyl (C=O) groups excluding carboxylic acids is 1. The van der Waals surface area contributed by atoms with E-state index in [1.165, 1.54) is 0 Å². The van der Waals surface area contributed by atoms with Crippen molar-refractivity contribution in [1.29, 1.82) is 0 Å². The van der Waals surface area contributed by atoms with E-state index < -0.39 is 17.8 Å². The fourth-order valence-electron chi connectivity index (χ4n) is 3.18.